The van der Waals surface area contributed by atoms with Gasteiger partial charge in [-0.2, -0.15) is 0 Å². The number of carbonyl (C=O) groups is 3. The van der Waals surface area contributed by atoms with Crippen molar-refractivity contribution in [3.05, 3.63) is 0 Å². The minimum absolute atomic E-state index is 0.0517. The van der Waals surface area contributed by atoms with Gasteiger partial charge in [0.05, 0.1) is 26.1 Å². The van der Waals surface area contributed by atoms with Crippen molar-refractivity contribution in [3.63, 3.8) is 0 Å². The van der Waals surface area contributed by atoms with E-state index < -0.39 is 44.3 Å². The lowest BCUT2D eigenvalue weighted by Crippen LogP contribution is -2.57. The first kappa shape index (κ1) is 29.4. The van der Waals surface area contributed by atoms with Crippen LogP contribution in [0.1, 0.15) is 74.7 Å². The lowest BCUT2D eigenvalue weighted by Gasteiger charge is -2.45. The normalized spacial score (nSPS) is 21.5. The summed E-state index contributed by atoms with van der Waals surface area (Å²) in [6, 6.07) is 0. The zero-order chi connectivity index (χ0) is 25.6. The number of hydrogen-bond donors (Lipinski definition) is 0. The third-order valence-electron chi connectivity index (χ3n) is 5.75. The molecule has 0 aromatic carbocycles. The second-order valence-corrected chi connectivity index (χ2v) is 13.4. The Morgan fingerprint density at radius 2 is 1.45 bits per heavy atom. The molecule has 1 saturated heterocycles. The monoisotopic (exact) mass is 487 g/mol. The predicted octanol–water partition coefficient (Wildman–Crippen LogP) is 4.51. The Balaban J connectivity index is 3.60. The summed E-state index contributed by atoms with van der Waals surface area (Å²) in [5, 5.41) is 0. The fourth-order valence-corrected chi connectivity index (χ4v) is 5.50. The van der Waals surface area contributed by atoms with Crippen LogP contribution < -0.4 is 0 Å². The summed E-state index contributed by atoms with van der Waals surface area (Å²) >= 11 is 0. The highest BCUT2D eigenvalue weighted by molar-refractivity contribution is 6.48. The molecule has 0 N–H and O–H groups in total. The van der Waals surface area contributed by atoms with Crippen LogP contribution in [-0.4, -0.2) is 63.1 Å². The molecule has 1 rings (SSSR count). The molecule has 1 fully saturated rings. The standard InChI is InChI=1S/C24H45NO7Si/c1-11-29-19(26)13-17(14-20(27)30-12-2)24(32-33(9)10)15-18(22(3,4)5)16-25(24)21(28)31-23(6,7)8/h17-18,33H,11-16H2,1-10H3/t18-,24-/m0/s1. The number of likely N-dealkylation sites (tertiary alicyclic amines) is 1. The molecule has 9 heteroatoms. The molecule has 33 heavy (non-hydrogen) atoms. The maximum Gasteiger partial charge on any atom is 0.412 e. The maximum absolute atomic E-state index is 13.5. The van der Waals surface area contributed by atoms with Crippen LogP contribution in [0.3, 0.4) is 0 Å². The summed E-state index contributed by atoms with van der Waals surface area (Å²) < 4.78 is 22.9. The molecule has 0 aromatic heterocycles. The summed E-state index contributed by atoms with van der Waals surface area (Å²) in [6.45, 7) is 20.2. The van der Waals surface area contributed by atoms with Crippen LogP contribution in [0.4, 0.5) is 4.79 Å². The molecule has 0 spiro atoms. The van der Waals surface area contributed by atoms with Gasteiger partial charge in [-0.15, -0.1) is 0 Å². The van der Waals surface area contributed by atoms with Gasteiger partial charge in [0.2, 0.25) is 0 Å². The number of carbonyl (C=O) groups excluding carboxylic acids is 3. The fourth-order valence-electron chi connectivity index (χ4n) is 4.27. The van der Waals surface area contributed by atoms with Crippen molar-refractivity contribution < 1.29 is 33.0 Å². The average molecular weight is 488 g/mol. The largest absolute Gasteiger partial charge is 0.466 e. The lowest BCUT2D eigenvalue weighted by molar-refractivity contribution is -0.159. The van der Waals surface area contributed by atoms with Crippen molar-refractivity contribution in [2.75, 3.05) is 19.8 Å². The highest BCUT2D eigenvalue weighted by Gasteiger charge is 2.57. The van der Waals surface area contributed by atoms with E-state index in [2.05, 4.69) is 20.8 Å². The van der Waals surface area contributed by atoms with E-state index in [0.29, 0.717) is 13.0 Å². The van der Waals surface area contributed by atoms with Gasteiger partial charge in [0.1, 0.15) is 11.3 Å². The molecule has 1 heterocycles. The van der Waals surface area contributed by atoms with Crippen LogP contribution >= 0.6 is 0 Å². The average Bonchev–Trinajstić information content (AvgIpc) is 3.00. The van der Waals surface area contributed by atoms with E-state index in [-0.39, 0.29) is 37.4 Å². The van der Waals surface area contributed by atoms with Crippen molar-refractivity contribution in [3.8, 4) is 0 Å². The minimum Gasteiger partial charge on any atom is -0.466 e. The summed E-state index contributed by atoms with van der Waals surface area (Å²) in [4.78, 5) is 40.3. The van der Waals surface area contributed by atoms with Gasteiger partial charge in [0, 0.05) is 12.5 Å². The highest BCUT2D eigenvalue weighted by Crippen LogP contribution is 2.49. The van der Waals surface area contributed by atoms with Gasteiger partial charge in [-0.25, -0.2) is 4.79 Å². The van der Waals surface area contributed by atoms with E-state index in [1.807, 2.05) is 33.9 Å². The second kappa shape index (κ2) is 11.7. The quantitative estimate of drug-likeness (QED) is 0.268. The molecule has 0 aromatic rings. The van der Waals surface area contributed by atoms with Gasteiger partial charge in [-0.1, -0.05) is 20.8 Å². The molecule has 2 atom stereocenters. The topological polar surface area (TPSA) is 91.4 Å². The van der Waals surface area contributed by atoms with E-state index in [9.17, 15) is 14.4 Å². The molecule has 0 saturated carbocycles. The van der Waals surface area contributed by atoms with Crippen molar-refractivity contribution in [2.45, 2.75) is 99.1 Å². The van der Waals surface area contributed by atoms with Crippen molar-refractivity contribution in [1.29, 1.82) is 0 Å². The highest BCUT2D eigenvalue weighted by atomic mass is 28.3. The first-order valence-electron chi connectivity index (χ1n) is 12.0. The van der Waals surface area contributed by atoms with Crippen molar-refractivity contribution in [2.24, 2.45) is 17.3 Å². The van der Waals surface area contributed by atoms with E-state index in [1.165, 1.54) is 0 Å². The van der Waals surface area contributed by atoms with Crippen LogP contribution in [0.15, 0.2) is 0 Å². The Bertz CT molecular complexity index is 663. The molecular formula is C24H45NO7Si. The first-order chi connectivity index (χ1) is 15.1. The van der Waals surface area contributed by atoms with Gasteiger partial charge in [0.25, 0.3) is 0 Å². The molecule has 8 nitrogen and oxygen atoms in total. The van der Waals surface area contributed by atoms with E-state index in [0.717, 1.165) is 0 Å². The number of rotatable bonds is 9. The van der Waals surface area contributed by atoms with Crippen LogP contribution in [-0.2, 0) is 28.2 Å². The third-order valence-corrected chi connectivity index (χ3v) is 6.63. The molecule has 0 unspecified atom stereocenters. The second-order valence-electron chi connectivity index (χ2n) is 11.1. The van der Waals surface area contributed by atoms with Gasteiger partial charge in [-0.3, -0.25) is 14.5 Å². The van der Waals surface area contributed by atoms with E-state index in [1.54, 1.807) is 18.7 Å². The number of ether oxygens (including phenoxy) is 3. The van der Waals surface area contributed by atoms with E-state index >= 15 is 0 Å². The van der Waals surface area contributed by atoms with Crippen molar-refractivity contribution >= 4 is 27.1 Å². The maximum atomic E-state index is 13.5. The van der Waals surface area contributed by atoms with Crippen LogP contribution in [0, 0.1) is 17.3 Å². The summed E-state index contributed by atoms with van der Waals surface area (Å²) in [6.07, 6.45) is -0.0974. The number of amides is 1. The lowest BCUT2D eigenvalue weighted by atomic mass is 9.76. The van der Waals surface area contributed by atoms with Crippen LogP contribution in [0.5, 0.6) is 0 Å². The Hall–Kier alpha value is -1.61. The van der Waals surface area contributed by atoms with E-state index in [4.69, 9.17) is 18.6 Å². The summed E-state index contributed by atoms with van der Waals surface area (Å²) in [7, 11) is -1.74. The minimum atomic E-state index is -1.74. The molecular weight excluding hydrogens is 442 g/mol. The third kappa shape index (κ3) is 8.59. The zero-order valence-electron chi connectivity index (χ0n) is 22.3. The van der Waals surface area contributed by atoms with Crippen molar-refractivity contribution in [1.82, 2.24) is 4.90 Å². The molecule has 1 amide bonds. The zero-order valence-corrected chi connectivity index (χ0v) is 23.4. The smallest absolute Gasteiger partial charge is 0.412 e. The predicted molar refractivity (Wildman–Crippen MR) is 129 cm³/mol. The molecule has 192 valence electrons. The number of nitrogens with zero attached hydrogens (tertiary/aromatic N) is 1. The Morgan fingerprint density at radius 1 is 0.970 bits per heavy atom. The number of hydrogen-bond acceptors (Lipinski definition) is 7. The van der Waals surface area contributed by atoms with Gasteiger partial charge in [0.15, 0.2) is 9.04 Å². The first-order valence-corrected chi connectivity index (χ1v) is 14.8. The Kier molecular flexibility index (Phi) is 10.4. The van der Waals surface area contributed by atoms with Gasteiger partial charge >= 0.3 is 18.0 Å². The molecule has 0 bridgehead atoms. The SMILES string of the molecule is CCOC(=O)CC(CC(=O)OCC)[C@@]1(O[SiH](C)C)C[C@H](C(C)(C)C)CN1C(=O)OC(C)(C)C. The van der Waals surface area contributed by atoms with Gasteiger partial charge < -0.3 is 18.6 Å². The Labute approximate surface area is 201 Å². The summed E-state index contributed by atoms with van der Waals surface area (Å²) in [5.74, 6) is -1.39. The molecule has 1 aliphatic heterocycles. The van der Waals surface area contributed by atoms with Gasteiger partial charge in [-0.05, 0) is 65.5 Å². The molecule has 0 aliphatic carbocycles. The van der Waals surface area contributed by atoms with Crippen LogP contribution in [0.2, 0.25) is 13.1 Å². The Morgan fingerprint density at radius 3 is 1.82 bits per heavy atom. The summed E-state index contributed by atoms with van der Waals surface area (Å²) in [5.41, 5.74) is -1.97. The van der Waals surface area contributed by atoms with Crippen LogP contribution in [0.25, 0.3) is 0 Å². The molecule has 1 aliphatic rings. The number of esters is 2. The fraction of sp³-hybridized carbons (Fsp3) is 0.875. The molecule has 0 radical (unpaired) electrons.